The number of aromatic nitrogens is 5. The Bertz CT molecular complexity index is 1160. The van der Waals surface area contributed by atoms with Crippen LogP contribution in [0.2, 0.25) is 0 Å². The Morgan fingerprint density at radius 2 is 2.04 bits per heavy atom. The number of benzene rings is 1. The lowest BCUT2D eigenvalue weighted by atomic mass is 10.1. The third kappa shape index (κ3) is 3.15. The molecule has 0 fully saturated rings. The predicted molar refractivity (Wildman–Crippen MR) is 102 cm³/mol. The molecule has 0 radical (unpaired) electrons. The van der Waals surface area contributed by atoms with Gasteiger partial charge >= 0.3 is 0 Å². The van der Waals surface area contributed by atoms with E-state index in [0.29, 0.717) is 33.6 Å². The Morgan fingerprint density at radius 3 is 2.81 bits per heavy atom. The van der Waals surface area contributed by atoms with Crippen molar-refractivity contribution in [3.63, 3.8) is 0 Å². The van der Waals surface area contributed by atoms with E-state index in [-0.39, 0.29) is 5.56 Å². The highest BCUT2D eigenvalue weighted by Crippen LogP contribution is 2.31. The maximum atomic E-state index is 12.2. The number of hydrogen-bond acceptors (Lipinski definition) is 8. The fourth-order valence-corrected chi connectivity index (χ4v) is 4.11. The summed E-state index contributed by atoms with van der Waals surface area (Å²) in [6.07, 6.45) is 0. The van der Waals surface area contributed by atoms with Crippen molar-refractivity contribution < 1.29 is 4.42 Å². The molecule has 0 aliphatic rings. The quantitative estimate of drug-likeness (QED) is 0.536. The topological polar surface area (TPSA) is 97.6 Å². The van der Waals surface area contributed by atoms with Crippen molar-refractivity contribution in [1.82, 2.24) is 25.1 Å². The third-order valence-electron chi connectivity index (χ3n) is 3.82. The Kier molecular flexibility index (Phi) is 4.33. The van der Waals surface area contributed by atoms with Crippen molar-refractivity contribution >= 4 is 34.0 Å². The number of nitrogens with zero attached hydrogens (tertiary/aromatic N) is 4. The molecule has 3 heterocycles. The second kappa shape index (κ2) is 6.65. The second-order valence-corrected chi connectivity index (χ2v) is 7.92. The maximum Gasteiger partial charge on any atom is 0.277 e. The Morgan fingerprint density at radius 1 is 1.19 bits per heavy atom. The van der Waals surface area contributed by atoms with Crippen molar-refractivity contribution in [3.05, 3.63) is 50.6 Å². The molecule has 1 N–H and O–H groups in total. The zero-order chi connectivity index (χ0) is 18.3. The number of para-hydroxylation sites is 1. The summed E-state index contributed by atoms with van der Waals surface area (Å²) in [7, 11) is 0. The molecular formula is C17H15N5O2S2. The summed E-state index contributed by atoms with van der Waals surface area (Å²) in [5.41, 5.74) is 2.42. The lowest BCUT2D eigenvalue weighted by Gasteiger charge is -2.03. The molecule has 26 heavy (non-hydrogen) atoms. The van der Waals surface area contributed by atoms with Gasteiger partial charge in [-0.25, -0.2) is 9.97 Å². The van der Waals surface area contributed by atoms with Crippen LogP contribution in [-0.2, 0) is 5.75 Å². The van der Waals surface area contributed by atoms with Gasteiger partial charge in [0.15, 0.2) is 0 Å². The number of hydrogen-bond donors (Lipinski definition) is 1. The average molecular weight is 385 g/mol. The first kappa shape index (κ1) is 16.9. The minimum atomic E-state index is -0.142. The lowest BCUT2D eigenvalue weighted by Crippen LogP contribution is -2.11. The van der Waals surface area contributed by atoms with Crippen molar-refractivity contribution in [2.45, 2.75) is 31.7 Å². The number of aromatic amines is 1. The van der Waals surface area contributed by atoms with Crippen molar-refractivity contribution in [1.29, 1.82) is 0 Å². The second-order valence-electron chi connectivity index (χ2n) is 5.79. The van der Waals surface area contributed by atoms with Crippen molar-refractivity contribution in [2.24, 2.45) is 0 Å². The van der Waals surface area contributed by atoms with E-state index in [2.05, 4.69) is 25.1 Å². The van der Waals surface area contributed by atoms with E-state index in [1.165, 1.54) is 23.1 Å². The summed E-state index contributed by atoms with van der Waals surface area (Å²) < 4.78 is 5.72. The summed E-state index contributed by atoms with van der Waals surface area (Å²) >= 11 is 2.86. The largest absolute Gasteiger partial charge is 0.410 e. The van der Waals surface area contributed by atoms with Crippen LogP contribution in [0.25, 0.3) is 21.7 Å². The van der Waals surface area contributed by atoms with E-state index in [4.69, 9.17) is 4.42 Å². The van der Waals surface area contributed by atoms with Crippen LogP contribution < -0.4 is 5.56 Å². The van der Waals surface area contributed by atoms with E-state index >= 15 is 0 Å². The maximum absolute atomic E-state index is 12.2. The first-order valence-electron chi connectivity index (χ1n) is 7.90. The van der Waals surface area contributed by atoms with E-state index < -0.39 is 0 Å². The first-order chi connectivity index (χ1) is 12.5. The normalized spacial score (nSPS) is 11.3. The Balaban J connectivity index is 1.57. The van der Waals surface area contributed by atoms with Crippen LogP contribution in [0.1, 0.15) is 22.1 Å². The van der Waals surface area contributed by atoms with Gasteiger partial charge in [-0.05, 0) is 32.4 Å². The van der Waals surface area contributed by atoms with Gasteiger partial charge in [-0.2, -0.15) is 0 Å². The molecule has 4 rings (SSSR count). The molecule has 0 unspecified atom stereocenters. The molecule has 0 atom stereocenters. The molecule has 0 saturated heterocycles. The fourth-order valence-electron chi connectivity index (χ4n) is 2.64. The highest BCUT2D eigenvalue weighted by molar-refractivity contribution is 7.98. The van der Waals surface area contributed by atoms with Crippen molar-refractivity contribution in [2.75, 3.05) is 0 Å². The van der Waals surface area contributed by atoms with Crippen LogP contribution in [0.4, 0.5) is 0 Å². The van der Waals surface area contributed by atoms with Crippen molar-refractivity contribution in [3.8, 4) is 10.8 Å². The minimum Gasteiger partial charge on any atom is -0.410 e. The predicted octanol–water partition coefficient (Wildman–Crippen LogP) is 3.65. The third-order valence-corrected chi connectivity index (χ3v) is 5.71. The Labute approximate surface area is 156 Å². The van der Waals surface area contributed by atoms with Crippen LogP contribution in [0.15, 0.2) is 32.6 Å². The lowest BCUT2D eigenvalue weighted by molar-refractivity contribution is 0.466. The van der Waals surface area contributed by atoms with Gasteiger partial charge in [0, 0.05) is 0 Å². The van der Waals surface area contributed by atoms with Gasteiger partial charge < -0.3 is 9.40 Å². The van der Waals surface area contributed by atoms with E-state index in [0.717, 1.165) is 21.1 Å². The molecule has 3 aromatic heterocycles. The highest BCUT2D eigenvalue weighted by Gasteiger charge is 2.15. The van der Waals surface area contributed by atoms with Crippen LogP contribution in [0.3, 0.4) is 0 Å². The van der Waals surface area contributed by atoms with Crippen LogP contribution >= 0.6 is 23.1 Å². The van der Waals surface area contributed by atoms with Crippen LogP contribution in [-0.4, -0.2) is 25.1 Å². The molecule has 4 aromatic rings. The molecule has 132 valence electrons. The number of nitrogens with one attached hydrogen (secondary N) is 1. The number of aryl methyl sites for hydroxylation is 3. The van der Waals surface area contributed by atoms with Gasteiger partial charge in [-0.15, -0.1) is 21.5 Å². The zero-order valence-electron chi connectivity index (χ0n) is 14.4. The van der Waals surface area contributed by atoms with Gasteiger partial charge in [0.25, 0.3) is 16.7 Å². The summed E-state index contributed by atoms with van der Waals surface area (Å²) in [4.78, 5) is 24.9. The number of H-pyrrole nitrogens is 1. The number of rotatable bonds is 4. The van der Waals surface area contributed by atoms with Gasteiger partial charge in [0.1, 0.15) is 10.7 Å². The number of thioether (sulfide) groups is 1. The van der Waals surface area contributed by atoms with E-state index in [9.17, 15) is 4.79 Å². The van der Waals surface area contributed by atoms with E-state index in [1.807, 2.05) is 32.9 Å². The molecule has 7 nitrogen and oxygen atoms in total. The summed E-state index contributed by atoms with van der Waals surface area (Å²) in [5.74, 6) is 1.47. The minimum absolute atomic E-state index is 0.142. The van der Waals surface area contributed by atoms with Gasteiger partial charge in [-0.3, -0.25) is 4.79 Å². The average Bonchev–Trinajstić information content (AvgIpc) is 3.20. The number of thiazole rings is 1. The summed E-state index contributed by atoms with van der Waals surface area (Å²) in [5, 5.41) is 10.1. The molecule has 0 aliphatic carbocycles. The first-order valence-corrected chi connectivity index (χ1v) is 9.70. The monoisotopic (exact) mass is 385 g/mol. The Hall–Kier alpha value is -2.52. The highest BCUT2D eigenvalue weighted by atomic mass is 32.2. The molecule has 0 amide bonds. The smallest absolute Gasteiger partial charge is 0.277 e. The molecule has 0 bridgehead atoms. The fraction of sp³-hybridized carbons (Fsp3) is 0.235. The molecular weight excluding hydrogens is 370 g/mol. The summed E-state index contributed by atoms with van der Waals surface area (Å²) in [6.45, 7) is 5.80. The molecule has 0 spiro atoms. The zero-order valence-corrected chi connectivity index (χ0v) is 16.0. The molecule has 0 saturated carbocycles. The van der Waals surface area contributed by atoms with Gasteiger partial charge in [0.05, 0.1) is 27.4 Å². The SMILES string of the molecule is Cc1nc(C)c(-c2nnc(SCc3nc4c(C)cccc4c(=O)[nH]3)o2)s1. The standard InChI is InChI=1S/C17H15N5O2S2/c1-8-5-4-6-11-13(8)19-12(20-15(11)23)7-25-17-22-21-16(24-17)14-9(2)18-10(3)26-14/h4-6H,7H2,1-3H3,(H,19,20,23). The van der Waals surface area contributed by atoms with Gasteiger partial charge in [0.2, 0.25) is 0 Å². The van der Waals surface area contributed by atoms with Crippen LogP contribution in [0.5, 0.6) is 0 Å². The van der Waals surface area contributed by atoms with E-state index in [1.54, 1.807) is 6.07 Å². The number of fused-ring (bicyclic) bond motifs is 1. The molecule has 9 heteroatoms. The van der Waals surface area contributed by atoms with Gasteiger partial charge in [-0.1, -0.05) is 23.9 Å². The molecule has 1 aromatic carbocycles. The molecule has 0 aliphatic heterocycles. The van der Waals surface area contributed by atoms with Crippen LogP contribution in [0, 0.1) is 20.8 Å². The summed E-state index contributed by atoms with van der Waals surface area (Å²) in [6, 6.07) is 5.57.